The zero-order chi connectivity index (χ0) is 23.4. The predicted molar refractivity (Wildman–Crippen MR) is 112 cm³/mol. The van der Waals surface area contributed by atoms with E-state index < -0.39 is 35.1 Å². The van der Waals surface area contributed by atoms with Crippen LogP contribution < -0.4 is 4.74 Å². The Labute approximate surface area is 184 Å². The maximum atomic E-state index is 14.3. The van der Waals surface area contributed by atoms with Crippen LogP contribution in [0.1, 0.15) is 49.7 Å². The molecule has 2 aliphatic rings. The maximum absolute atomic E-state index is 14.3. The molecule has 1 aromatic heterocycles. The van der Waals surface area contributed by atoms with E-state index in [0.717, 1.165) is 0 Å². The lowest BCUT2D eigenvalue weighted by molar-refractivity contribution is -0.145. The highest BCUT2D eigenvalue weighted by atomic mass is 19.1. The molecule has 4 rings (SSSR count). The van der Waals surface area contributed by atoms with Gasteiger partial charge in [0, 0.05) is 11.8 Å². The molecule has 1 aromatic carbocycles. The number of methoxy groups -OCH3 is 1. The van der Waals surface area contributed by atoms with Crippen molar-refractivity contribution in [3.63, 3.8) is 0 Å². The van der Waals surface area contributed by atoms with E-state index >= 15 is 0 Å². The van der Waals surface area contributed by atoms with Crippen LogP contribution >= 0.6 is 0 Å². The summed E-state index contributed by atoms with van der Waals surface area (Å²) in [4.78, 5) is 44.1. The number of aryl methyl sites for hydroxylation is 1. The fourth-order valence-electron chi connectivity index (χ4n) is 4.40. The summed E-state index contributed by atoms with van der Waals surface area (Å²) < 4.78 is 30.9. The SMILES string of the molecule is COC(=O)[C@@H]1C[C@]2(CC(=O)c3c(c(C)nc4c(F)cccc34)O2)CN1C(=O)OC(C)(C)C. The Hall–Kier alpha value is -3.23. The fraction of sp³-hybridized carbons (Fsp3) is 0.478. The number of carbonyl (C=O) groups is 3. The van der Waals surface area contributed by atoms with Crippen LogP contribution in [0, 0.1) is 12.7 Å². The van der Waals surface area contributed by atoms with Gasteiger partial charge in [0.25, 0.3) is 0 Å². The molecule has 0 saturated carbocycles. The van der Waals surface area contributed by atoms with Crippen molar-refractivity contribution < 1.29 is 33.0 Å². The first-order valence-electron chi connectivity index (χ1n) is 10.3. The molecule has 0 unspecified atom stereocenters. The summed E-state index contributed by atoms with van der Waals surface area (Å²) in [5, 5.41) is 0.372. The second kappa shape index (κ2) is 7.43. The summed E-state index contributed by atoms with van der Waals surface area (Å²) in [6, 6.07) is 3.46. The number of rotatable bonds is 1. The van der Waals surface area contributed by atoms with Crippen LogP contribution in [0.3, 0.4) is 0 Å². The number of benzene rings is 1. The van der Waals surface area contributed by atoms with Gasteiger partial charge in [-0.1, -0.05) is 12.1 Å². The summed E-state index contributed by atoms with van der Waals surface area (Å²) >= 11 is 0. The van der Waals surface area contributed by atoms with Gasteiger partial charge in [0.05, 0.1) is 31.3 Å². The quantitative estimate of drug-likeness (QED) is 0.621. The van der Waals surface area contributed by atoms with E-state index in [9.17, 15) is 18.8 Å². The number of ether oxygens (including phenoxy) is 3. The minimum atomic E-state index is -1.15. The second-order valence-electron chi connectivity index (χ2n) is 9.27. The molecule has 0 radical (unpaired) electrons. The molecule has 9 heteroatoms. The van der Waals surface area contributed by atoms with Crippen LogP contribution in [0.2, 0.25) is 0 Å². The highest BCUT2D eigenvalue weighted by Crippen LogP contribution is 2.44. The van der Waals surface area contributed by atoms with Crippen LogP contribution in [0.15, 0.2) is 18.2 Å². The first-order chi connectivity index (χ1) is 14.9. The summed E-state index contributed by atoms with van der Waals surface area (Å²) in [6.45, 7) is 6.77. The number of hydrogen-bond donors (Lipinski definition) is 0. The maximum Gasteiger partial charge on any atom is 0.411 e. The van der Waals surface area contributed by atoms with Gasteiger partial charge in [-0.25, -0.2) is 19.0 Å². The minimum Gasteiger partial charge on any atom is -0.482 e. The highest BCUT2D eigenvalue weighted by Gasteiger charge is 2.55. The molecular formula is C23H25FN2O6. The molecule has 3 heterocycles. The molecule has 1 fully saturated rings. The van der Waals surface area contributed by atoms with Gasteiger partial charge in [-0.2, -0.15) is 0 Å². The van der Waals surface area contributed by atoms with Crippen molar-refractivity contribution in [3.05, 3.63) is 35.3 Å². The normalized spacial score (nSPS) is 22.6. The van der Waals surface area contributed by atoms with Gasteiger partial charge < -0.3 is 14.2 Å². The lowest BCUT2D eigenvalue weighted by atomic mass is 9.86. The molecule has 2 aliphatic heterocycles. The van der Waals surface area contributed by atoms with E-state index in [1.54, 1.807) is 33.8 Å². The van der Waals surface area contributed by atoms with Gasteiger partial charge in [0.2, 0.25) is 0 Å². The second-order valence-corrected chi connectivity index (χ2v) is 9.27. The first-order valence-corrected chi connectivity index (χ1v) is 10.3. The minimum absolute atomic E-state index is 0.0342. The molecule has 1 spiro atoms. The molecule has 2 aromatic rings. The number of halogens is 1. The predicted octanol–water partition coefficient (Wildman–Crippen LogP) is 3.57. The number of aromatic nitrogens is 1. The van der Waals surface area contributed by atoms with Crippen molar-refractivity contribution >= 4 is 28.7 Å². The molecule has 0 bridgehead atoms. The summed E-state index contributed by atoms with van der Waals surface area (Å²) in [7, 11) is 1.23. The molecule has 0 aliphatic carbocycles. The van der Waals surface area contributed by atoms with Crippen molar-refractivity contribution in [2.75, 3.05) is 13.7 Å². The van der Waals surface area contributed by atoms with Gasteiger partial charge in [-0.3, -0.25) is 9.69 Å². The highest BCUT2D eigenvalue weighted by molar-refractivity contribution is 6.11. The molecule has 1 saturated heterocycles. The van der Waals surface area contributed by atoms with Crippen molar-refractivity contribution in [1.29, 1.82) is 0 Å². The lowest BCUT2D eigenvalue weighted by Crippen LogP contribution is -2.47. The van der Waals surface area contributed by atoms with Crippen molar-refractivity contribution in [3.8, 4) is 5.75 Å². The summed E-state index contributed by atoms with van der Waals surface area (Å²) in [5.74, 6) is -1.16. The Morgan fingerprint density at radius 1 is 1.31 bits per heavy atom. The third kappa shape index (κ3) is 3.65. The fourth-order valence-corrected chi connectivity index (χ4v) is 4.40. The van der Waals surface area contributed by atoms with Crippen molar-refractivity contribution in [1.82, 2.24) is 9.88 Å². The van der Waals surface area contributed by atoms with E-state index in [0.29, 0.717) is 11.1 Å². The number of fused-ring (bicyclic) bond motifs is 3. The number of carbonyl (C=O) groups excluding carboxylic acids is 3. The first kappa shape index (κ1) is 22.0. The lowest BCUT2D eigenvalue weighted by Gasteiger charge is -2.35. The third-order valence-corrected chi connectivity index (χ3v) is 5.67. The Bertz CT molecular complexity index is 1140. The Morgan fingerprint density at radius 3 is 2.69 bits per heavy atom. The molecule has 1 amide bonds. The molecule has 0 N–H and O–H groups in total. The van der Waals surface area contributed by atoms with Gasteiger partial charge in [-0.15, -0.1) is 0 Å². The van der Waals surface area contributed by atoms with Gasteiger partial charge in [0.1, 0.15) is 28.6 Å². The summed E-state index contributed by atoms with van der Waals surface area (Å²) in [6.07, 6.45) is -0.714. The van der Waals surface area contributed by atoms with Gasteiger partial charge >= 0.3 is 12.1 Å². The average Bonchev–Trinajstić information content (AvgIpc) is 3.06. The van der Waals surface area contributed by atoms with E-state index in [2.05, 4.69) is 4.98 Å². The zero-order valence-electron chi connectivity index (χ0n) is 18.7. The van der Waals surface area contributed by atoms with Crippen molar-refractivity contribution in [2.24, 2.45) is 0 Å². The van der Waals surface area contributed by atoms with Crippen LogP contribution in [-0.4, -0.2) is 58.6 Å². The number of likely N-dealkylation sites (tertiary alicyclic amines) is 1. The summed E-state index contributed by atoms with van der Waals surface area (Å²) in [5.41, 5.74) is -1.19. The Kier molecular flexibility index (Phi) is 5.10. The van der Waals surface area contributed by atoms with Crippen LogP contribution in [0.5, 0.6) is 5.75 Å². The number of Topliss-reactive ketones (excluding diaryl/α,β-unsaturated/α-hetero) is 1. The Morgan fingerprint density at radius 2 is 2.03 bits per heavy atom. The molecule has 32 heavy (non-hydrogen) atoms. The Balaban J connectivity index is 1.75. The zero-order valence-corrected chi connectivity index (χ0v) is 18.7. The number of para-hydroxylation sites is 1. The molecular weight excluding hydrogens is 419 g/mol. The number of ketones is 1. The van der Waals surface area contributed by atoms with E-state index in [-0.39, 0.29) is 42.0 Å². The van der Waals surface area contributed by atoms with Crippen molar-refractivity contribution in [2.45, 2.75) is 57.8 Å². The van der Waals surface area contributed by atoms with E-state index in [1.807, 2.05) is 0 Å². The van der Waals surface area contributed by atoms with E-state index in [1.165, 1.54) is 24.1 Å². The number of amides is 1. The largest absolute Gasteiger partial charge is 0.482 e. The molecule has 2 atom stereocenters. The standard InChI is InChI=1S/C23H25FN2O6/c1-12-19-17(13-7-6-8-14(24)18(13)25-12)16(27)10-23(31-19)9-15(20(28)30-5)26(11-23)21(29)32-22(2,3)4/h6-8,15H,9-11H2,1-5H3/t15-,23-/m0/s1. The van der Waals surface area contributed by atoms with Crippen LogP contribution in [-0.2, 0) is 14.3 Å². The molecule has 170 valence electrons. The van der Waals surface area contributed by atoms with Crippen LogP contribution in [0.4, 0.5) is 9.18 Å². The number of hydrogen-bond acceptors (Lipinski definition) is 7. The monoisotopic (exact) mass is 444 g/mol. The van der Waals surface area contributed by atoms with Crippen LogP contribution in [0.25, 0.3) is 10.9 Å². The number of nitrogens with zero attached hydrogens (tertiary/aromatic N) is 2. The average molecular weight is 444 g/mol. The number of esters is 1. The third-order valence-electron chi connectivity index (χ3n) is 5.67. The van der Waals surface area contributed by atoms with Gasteiger partial charge in [0.15, 0.2) is 11.5 Å². The molecule has 8 nitrogen and oxygen atoms in total. The smallest absolute Gasteiger partial charge is 0.411 e. The van der Waals surface area contributed by atoms with E-state index in [4.69, 9.17) is 14.2 Å². The topological polar surface area (TPSA) is 95.0 Å². The number of pyridine rings is 1. The van der Waals surface area contributed by atoms with Gasteiger partial charge in [-0.05, 0) is 33.8 Å².